The van der Waals surface area contributed by atoms with E-state index >= 15 is 0 Å². The van der Waals surface area contributed by atoms with Gasteiger partial charge >= 0.3 is 5.97 Å². The number of aryl methyl sites for hydroxylation is 1. The lowest BCUT2D eigenvalue weighted by Gasteiger charge is -2.00. The van der Waals surface area contributed by atoms with Crippen molar-refractivity contribution in [2.75, 3.05) is 20.3 Å². The molecule has 0 saturated heterocycles. The van der Waals surface area contributed by atoms with Gasteiger partial charge in [0.15, 0.2) is 0 Å². The van der Waals surface area contributed by atoms with E-state index in [1.54, 1.807) is 19.3 Å². The van der Waals surface area contributed by atoms with E-state index in [1.165, 1.54) is 6.08 Å². The molecule has 88 valence electrons. The molecule has 0 aliphatic rings. The number of hydrogen-bond donors (Lipinski definition) is 0. The summed E-state index contributed by atoms with van der Waals surface area (Å²) < 4.78 is 15.0. The Morgan fingerprint density at radius 2 is 2.25 bits per heavy atom. The van der Waals surface area contributed by atoms with E-state index in [0.717, 1.165) is 5.76 Å². The van der Waals surface area contributed by atoms with Gasteiger partial charge in [-0.2, -0.15) is 0 Å². The van der Waals surface area contributed by atoms with Crippen molar-refractivity contribution in [1.29, 1.82) is 0 Å². The highest BCUT2D eigenvalue weighted by Gasteiger charge is 1.98. The molecule has 0 N–H and O–H groups in total. The summed E-state index contributed by atoms with van der Waals surface area (Å²) in [5.41, 5.74) is 0. The van der Waals surface area contributed by atoms with Gasteiger partial charge in [-0.15, -0.1) is 0 Å². The van der Waals surface area contributed by atoms with Crippen molar-refractivity contribution in [2.45, 2.75) is 13.3 Å². The van der Waals surface area contributed by atoms with Gasteiger partial charge in [0, 0.05) is 26.2 Å². The number of esters is 1. The molecule has 0 fully saturated rings. The zero-order valence-corrected chi connectivity index (χ0v) is 9.56. The van der Waals surface area contributed by atoms with Crippen LogP contribution in [0.15, 0.2) is 22.6 Å². The maximum Gasteiger partial charge on any atom is 0.330 e. The number of carbonyl (C=O) groups excluding carboxylic acids is 1. The summed E-state index contributed by atoms with van der Waals surface area (Å²) in [5.74, 6) is 1.09. The number of rotatable bonds is 6. The van der Waals surface area contributed by atoms with Gasteiger partial charge in [0.25, 0.3) is 0 Å². The molecule has 0 radical (unpaired) electrons. The molecule has 1 aromatic heterocycles. The highest BCUT2D eigenvalue weighted by Crippen LogP contribution is 2.07. The predicted molar refractivity (Wildman–Crippen MR) is 59.9 cm³/mol. The summed E-state index contributed by atoms with van der Waals surface area (Å²) in [4.78, 5) is 11.2. The van der Waals surface area contributed by atoms with Crippen molar-refractivity contribution >= 4 is 12.0 Å². The second kappa shape index (κ2) is 6.85. The SMILES string of the molecule is COCCCOC(=O)C=Cc1ccc(C)o1. The van der Waals surface area contributed by atoms with Gasteiger partial charge in [0.1, 0.15) is 11.5 Å². The summed E-state index contributed by atoms with van der Waals surface area (Å²) in [6.45, 7) is 2.81. The number of carbonyl (C=O) groups is 1. The topological polar surface area (TPSA) is 48.7 Å². The third-order valence-electron chi connectivity index (χ3n) is 1.88. The number of methoxy groups -OCH3 is 1. The molecule has 0 unspecified atom stereocenters. The van der Waals surface area contributed by atoms with Crippen molar-refractivity contribution < 1.29 is 18.7 Å². The molecule has 0 amide bonds. The Hall–Kier alpha value is -1.55. The minimum atomic E-state index is -0.370. The van der Waals surface area contributed by atoms with Gasteiger partial charge in [-0.3, -0.25) is 0 Å². The largest absolute Gasteiger partial charge is 0.462 e. The Morgan fingerprint density at radius 1 is 1.44 bits per heavy atom. The van der Waals surface area contributed by atoms with Gasteiger partial charge < -0.3 is 13.9 Å². The van der Waals surface area contributed by atoms with E-state index in [9.17, 15) is 4.79 Å². The lowest BCUT2D eigenvalue weighted by atomic mass is 10.4. The molecule has 1 heterocycles. The number of ether oxygens (including phenoxy) is 2. The first-order valence-corrected chi connectivity index (χ1v) is 5.12. The minimum Gasteiger partial charge on any atom is -0.462 e. The van der Waals surface area contributed by atoms with Crippen LogP contribution in [0.4, 0.5) is 0 Å². The van der Waals surface area contributed by atoms with E-state index in [1.807, 2.05) is 13.0 Å². The monoisotopic (exact) mass is 224 g/mol. The predicted octanol–water partition coefficient (Wildman–Crippen LogP) is 2.18. The fourth-order valence-corrected chi connectivity index (χ4v) is 1.12. The van der Waals surface area contributed by atoms with Crippen LogP contribution in [0, 0.1) is 6.92 Å². The van der Waals surface area contributed by atoms with E-state index in [0.29, 0.717) is 25.4 Å². The quantitative estimate of drug-likeness (QED) is 0.422. The molecule has 4 nitrogen and oxygen atoms in total. The Bertz CT molecular complexity index is 352. The Morgan fingerprint density at radius 3 is 2.88 bits per heavy atom. The molecule has 0 saturated carbocycles. The van der Waals surface area contributed by atoms with Gasteiger partial charge in [0.05, 0.1) is 6.61 Å². The molecular formula is C12H16O4. The molecule has 16 heavy (non-hydrogen) atoms. The number of furan rings is 1. The van der Waals surface area contributed by atoms with E-state index < -0.39 is 0 Å². The van der Waals surface area contributed by atoms with Gasteiger partial charge in [-0.1, -0.05) is 0 Å². The summed E-state index contributed by atoms with van der Waals surface area (Å²) in [6, 6.07) is 3.63. The third-order valence-corrected chi connectivity index (χ3v) is 1.88. The second-order valence-corrected chi connectivity index (χ2v) is 3.30. The fraction of sp³-hybridized carbons (Fsp3) is 0.417. The van der Waals surface area contributed by atoms with Crippen LogP contribution >= 0.6 is 0 Å². The van der Waals surface area contributed by atoms with Crippen LogP contribution in [-0.4, -0.2) is 26.3 Å². The van der Waals surface area contributed by atoms with Crippen molar-refractivity contribution in [1.82, 2.24) is 0 Å². The average molecular weight is 224 g/mol. The van der Waals surface area contributed by atoms with Crippen LogP contribution in [0.25, 0.3) is 6.08 Å². The van der Waals surface area contributed by atoms with Crippen LogP contribution in [0.2, 0.25) is 0 Å². The molecule has 0 aliphatic carbocycles. The van der Waals surface area contributed by atoms with Crippen molar-refractivity contribution in [3.63, 3.8) is 0 Å². The van der Waals surface area contributed by atoms with Crippen LogP contribution in [0.1, 0.15) is 17.9 Å². The van der Waals surface area contributed by atoms with E-state index in [-0.39, 0.29) is 5.97 Å². The molecule has 1 rings (SSSR count). The lowest BCUT2D eigenvalue weighted by Crippen LogP contribution is -2.04. The highest BCUT2D eigenvalue weighted by molar-refractivity contribution is 5.86. The highest BCUT2D eigenvalue weighted by atomic mass is 16.5. The Kier molecular flexibility index (Phi) is 5.36. The first-order valence-electron chi connectivity index (χ1n) is 5.12. The van der Waals surface area contributed by atoms with Crippen LogP contribution in [0.3, 0.4) is 0 Å². The Labute approximate surface area is 94.8 Å². The zero-order valence-electron chi connectivity index (χ0n) is 9.56. The smallest absolute Gasteiger partial charge is 0.330 e. The minimum absolute atomic E-state index is 0.369. The molecule has 1 aromatic rings. The van der Waals surface area contributed by atoms with Crippen molar-refractivity contribution in [3.05, 3.63) is 29.7 Å². The number of hydrogen-bond acceptors (Lipinski definition) is 4. The maximum atomic E-state index is 11.2. The maximum absolute atomic E-state index is 11.2. The third kappa shape index (κ3) is 4.79. The lowest BCUT2D eigenvalue weighted by molar-refractivity contribution is -0.138. The molecule has 0 spiro atoms. The van der Waals surface area contributed by atoms with Gasteiger partial charge in [-0.25, -0.2) is 4.79 Å². The van der Waals surface area contributed by atoms with Crippen molar-refractivity contribution in [2.24, 2.45) is 0 Å². The zero-order chi connectivity index (χ0) is 11.8. The summed E-state index contributed by atoms with van der Waals surface area (Å²) in [6.07, 6.45) is 3.65. The van der Waals surface area contributed by atoms with Crippen LogP contribution in [0.5, 0.6) is 0 Å². The second-order valence-electron chi connectivity index (χ2n) is 3.30. The fourth-order valence-electron chi connectivity index (χ4n) is 1.12. The standard InChI is InChI=1S/C12H16O4/c1-10-4-5-11(16-10)6-7-12(13)15-9-3-8-14-2/h4-7H,3,8-9H2,1-2H3. The van der Waals surface area contributed by atoms with Gasteiger partial charge in [0.2, 0.25) is 0 Å². The first-order chi connectivity index (χ1) is 7.72. The molecule has 0 atom stereocenters. The summed E-state index contributed by atoms with van der Waals surface area (Å²) in [7, 11) is 1.61. The Balaban J connectivity index is 2.26. The first kappa shape index (κ1) is 12.5. The molecule has 4 heteroatoms. The van der Waals surface area contributed by atoms with Crippen LogP contribution < -0.4 is 0 Å². The molecule has 0 aromatic carbocycles. The molecule has 0 aliphatic heterocycles. The summed E-state index contributed by atoms with van der Waals surface area (Å²) in [5, 5.41) is 0. The van der Waals surface area contributed by atoms with Crippen molar-refractivity contribution in [3.8, 4) is 0 Å². The van der Waals surface area contributed by atoms with Crippen LogP contribution in [-0.2, 0) is 14.3 Å². The average Bonchev–Trinajstić information content (AvgIpc) is 2.68. The molecule has 0 bridgehead atoms. The normalized spacial score (nSPS) is 10.9. The van der Waals surface area contributed by atoms with E-state index in [2.05, 4.69) is 0 Å². The molecular weight excluding hydrogens is 208 g/mol. The summed E-state index contributed by atoms with van der Waals surface area (Å²) >= 11 is 0. The van der Waals surface area contributed by atoms with Gasteiger partial charge in [-0.05, 0) is 25.1 Å². The van der Waals surface area contributed by atoms with E-state index in [4.69, 9.17) is 13.9 Å².